The summed E-state index contributed by atoms with van der Waals surface area (Å²) in [6.45, 7) is 6.56. The maximum absolute atomic E-state index is 5.89. The highest BCUT2D eigenvalue weighted by molar-refractivity contribution is 5.87. The molecule has 0 bridgehead atoms. The molecule has 0 saturated heterocycles. The third kappa shape index (κ3) is 1.72. The van der Waals surface area contributed by atoms with Crippen molar-refractivity contribution in [1.29, 1.82) is 0 Å². The number of H-pyrrole nitrogens is 1. The number of aromatic nitrogens is 1. The van der Waals surface area contributed by atoms with E-state index in [0.29, 0.717) is 5.92 Å². The number of hydrogen-bond acceptors (Lipinski definition) is 1. The van der Waals surface area contributed by atoms with Crippen LogP contribution in [0.15, 0.2) is 18.2 Å². The number of hydrogen-bond donors (Lipinski definition) is 2. The number of nitrogens with one attached hydrogen (secondary N) is 1. The fraction of sp³-hybridized carbons (Fsp3) is 0.385. The second kappa shape index (κ2) is 3.61. The third-order valence-electron chi connectivity index (χ3n) is 2.85. The lowest BCUT2D eigenvalue weighted by Gasteiger charge is -2.08. The first-order valence-electron chi connectivity index (χ1n) is 5.52. The van der Waals surface area contributed by atoms with Gasteiger partial charge in [-0.15, -0.1) is 0 Å². The van der Waals surface area contributed by atoms with Gasteiger partial charge in [0, 0.05) is 22.3 Å². The van der Waals surface area contributed by atoms with E-state index in [9.17, 15) is 0 Å². The number of benzene rings is 1. The summed E-state index contributed by atoms with van der Waals surface area (Å²) in [4.78, 5) is 3.40. The van der Waals surface area contributed by atoms with Crippen LogP contribution >= 0.6 is 0 Å². The molecule has 3 N–H and O–H groups in total. The number of aromatic amines is 1. The van der Waals surface area contributed by atoms with Gasteiger partial charge in [0.2, 0.25) is 0 Å². The van der Waals surface area contributed by atoms with E-state index in [1.54, 1.807) is 0 Å². The molecule has 1 aromatic carbocycles. The second-order valence-corrected chi connectivity index (χ2v) is 4.37. The van der Waals surface area contributed by atoms with Gasteiger partial charge in [0.05, 0.1) is 0 Å². The van der Waals surface area contributed by atoms with Gasteiger partial charge in [-0.25, -0.2) is 0 Å². The molecule has 0 aliphatic rings. The van der Waals surface area contributed by atoms with Crippen molar-refractivity contribution >= 4 is 16.6 Å². The van der Waals surface area contributed by atoms with Gasteiger partial charge < -0.3 is 10.7 Å². The van der Waals surface area contributed by atoms with Crippen molar-refractivity contribution in [3.8, 4) is 0 Å². The molecule has 2 nitrogen and oxygen atoms in total. The minimum atomic E-state index is 0.511. The lowest BCUT2D eigenvalue weighted by molar-refractivity contribution is 0.877. The van der Waals surface area contributed by atoms with Crippen LogP contribution in [-0.2, 0) is 6.42 Å². The normalized spacial score (nSPS) is 11.5. The van der Waals surface area contributed by atoms with Crippen molar-refractivity contribution in [2.45, 2.75) is 33.1 Å². The van der Waals surface area contributed by atoms with Crippen LogP contribution in [0.4, 0.5) is 5.69 Å². The molecular weight excluding hydrogens is 184 g/mol. The van der Waals surface area contributed by atoms with Crippen LogP contribution < -0.4 is 5.73 Å². The van der Waals surface area contributed by atoms with Gasteiger partial charge in [0.1, 0.15) is 0 Å². The molecule has 1 aromatic heterocycles. The van der Waals surface area contributed by atoms with Crippen LogP contribution in [-0.4, -0.2) is 4.98 Å². The van der Waals surface area contributed by atoms with E-state index in [4.69, 9.17) is 5.73 Å². The number of fused-ring (bicyclic) bond motifs is 1. The molecule has 0 saturated carbocycles. The smallest absolute Gasteiger partial charge is 0.0479 e. The Bertz CT molecular complexity index is 480. The number of nitrogens with two attached hydrogens (primary N) is 1. The van der Waals surface area contributed by atoms with Gasteiger partial charge in [0.15, 0.2) is 0 Å². The van der Waals surface area contributed by atoms with Gasteiger partial charge in [-0.1, -0.05) is 20.8 Å². The molecule has 1 heterocycles. The number of rotatable bonds is 2. The van der Waals surface area contributed by atoms with Gasteiger partial charge >= 0.3 is 0 Å². The summed E-state index contributed by atoms with van der Waals surface area (Å²) in [5.41, 5.74) is 10.5. The summed E-state index contributed by atoms with van der Waals surface area (Å²) in [5.74, 6) is 0.511. The summed E-state index contributed by atoms with van der Waals surface area (Å²) < 4.78 is 0. The predicted octanol–water partition coefficient (Wildman–Crippen LogP) is 3.44. The van der Waals surface area contributed by atoms with Crippen molar-refractivity contribution in [1.82, 2.24) is 4.98 Å². The Morgan fingerprint density at radius 1 is 1.27 bits per heavy atom. The van der Waals surface area contributed by atoms with Gasteiger partial charge in [-0.2, -0.15) is 0 Å². The molecule has 0 amide bonds. The van der Waals surface area contributed by atoms with Crippen LogP contribution in [0.5, 0.6) is 0 Å². The molecule has 0 aliphatic heterocycles. The van der Waals surface area contributed by atoms with Gasteiger partial charge in [-0.05, 0) is 36.1 Å². The molecule has 0 unspecified atom stereocenters. The van der Waals surface area contributed by atoms with E-state index in [1.165, 1.54) is 16.6 Å². The van der Waals surface area contributed by atoms with Gasteiger partial charge in [-0.3, -0.25) is 0 Å². The molecule has 0 atom stereocenters. The van der Waals surface area contributed by atoms with E-state index in [1.807, 2.05) is 6.07 Å². The molecule has 0 radical (unpaired) electrons. The molecule has 0 aliphatic carbocycles. The second-order valence-electron chi connectivity index (χ2n) is 4.37. The quantitative estimate of drug-likeness (QED) is 0.720. The zero-order valence-corrected chi connectivity index (χ0v) is 9.59. The SMILES string of the molecule is CCc1cc2c(C(C)C)cc(N)cc2[nH]1. The molecule has 0 fully saturated rings. The third-order valence-corrected chi connectivity index (χ3v) is 2.85. The Morgan fingerprint density at radius 3 is 2.60 bits per heavy atom. The number of nitrogen functional groups attached to an aromatic ring is 1. The average molecular weight is 202 g/mol. The molecule has 0 spiro atoms. The van der Waals surface area contributed by atoms with Gasteiger partial charge in [0.25, 0.3) is 0 Å². The number of anilines is 1. The van der Waals surface area contributed by atoms with Crippen molar-refractivity contribution < 1.29 is 0 Å². The summed E-state index contributed by atoms with van der Waals surface area (Å²) in [6, 6.07) is 6.34. The molecule has 2 heteroatoms. The molecule has 2 aromatic rings. The largest absolute Gasteiger partial charge is 0.399 e. The maximum Gasteiger partial charge on any atom is 0.0479 e. The zero-order valence-electron chi connectivity index (χ0n) is 9.59. The fourth-order valence-electron chi connectivity index (χ4n) is 2.01. The highest BCUT2D eigenvalue weighted by atomic mass is 14.7. The first-order chi connectivity index (χ1) is 7.11. The van der Waals surface area contributed by atoms with Crippen LogP contribution in [0.2, 0.25) is 0 Å². The maximum atomic E-state index is 5.89. The van der Waals surface area contributed by atoms with Crippen LogP contribution in [0.1, 0.15) is 37.9 Å². The Kier molecular flexibility index (Phi) is 2.43. The van der Waals surface area contributed by atoms with Crippen LogP contribution in [0, 0.1) is 0 Å². The van der Waals surface area contributed by atoms with Crippen molar-refractivity contribution in [3.05, 3.63) is 29.5 Å². The fourth-order valence-corrected chi connectivity index (χ4v) is 2.01. The molecule has 15 heavy (non-hydrogen) atoms. The minimum Gasteiger partial charge on any atom is -0.399 e. The Labute approximate surface area is 90.5 Å². The highest BCUT2D eigenvalue weighted by Gasteiger charge is 2.08. The van der Waals surface area contributed by atoms with Crippen molar-refractivity contribution in [2.24, 2.45) is 0 Å². The first kappa shape index (κ1) is 10.1. The Morgan fingerprint density at radius 2 is 2.00 bits per heavy atom. The summed E-state index contributed by atoms with van der Waals surface area (Å²) in [6.07, 6.45) is 1.03. The van der Waals surface area contributed by atoms with E-state index < -0.39 is 0 Å². The molecule has 80 valence electrons. The first-order valence-corrected chi connectivity index (χ1v) is 5.52. The lowest BCUT2D eigenvalue weighted by Crippen LogP contribution is -1.92. The topological polar surface area (TPSA) is 41.8 Å². The average Bonchev–Trinajstić information content (AvgIpc) is 2.58. The standard InChI is InChI=1S/C13H18N2/c1-4-10-7-12-11(8(2)3)5-9(14)6-13(12)15-10/h5-8,15H,4,14H2,1-3H3. The highest BCUT2D eigenvalue weighted by Crippen LogP contribution is 2.28. The predicted molar refractivity (Wildman–Crippen MR) is 66.2 cm³/mol. The van der Waals surface area contributed by atoms with Crippen LogP contribution in [0.25, 0.3) is 10.9 Å². The molecule has 2 rings (SSSR count). The summed E-state index contributed by atoms with van der Waals surface area (Å²) in [5, 5.41) is 1.32. The Hall–Kier alpha value is -1.44. The monoisotopic (exact) mass is 202 g/mol. The lowest BCUT2D eigenvalue weighted by atomic mass is 9.98. The number of aryl methyl sites for hydroxylation is 1. The van der Waals surface area contributed by atoms with E-state index >= 15 is 0 Å². The summed E-state index contributed by atoms with van der Waals surface area (Å²) in [7, 11) is 0. The van der Waals surface area contributed by atoms with Crippen molar-refractivity contribution in [2.75, 3.05) is 5.73 Å². The molecular formula is C13H18N2. The van der Waals surface area contributed by atoms with Crippen LogP contribution in [0.3, 0.4) is 0 Å². The zero-order chi connectivity index (χ0) is 11.0. The minimum absolute atomic E-state index is 0.511. The Balaban J connectivity index is 2.72. The van der Waals surface area contributed by atoms with E-state index in [0.717, 1.165) is 17.6 Å². The van der Waals surface area contributed by atoms with E-state index in [2.05, 4.69) is 37.9 Å². The van der Waals surface area contributed by atoms with Crippen molar-refractivity contribution in [3.63, 3.8) is 0 Å². The summed E-state index contributed by atoms with van der Waals surface area (Å²) >= 11 is 0. The van der Waals surface area contributed by atoms with E-state index in [-0.39, 0.29) is 0 Å².